The molecule has 1 atom stereocenters. The van der Waals surface area contributed by atoms with E-state index < -0.39 is 21.5 Å². The summed E-state index contributed by atoms with van der Waals surface area (Å²) in [5.74, 6) is -0.569. The summed E-state index contributed by atoms with van der Waals surface area (Å²) in [6.45, 7) is 0.161. The van der Waals surface area contributed by atoms with Crippen molar-refractivity contribution in [1.82, 2.24) is 0 Å². The number of aromatic nitrogens is 1. The minimum absolute atomic E-state index is 0.115. The van der Waals surface area contributed by atoms with Gasteiger partial charge in [0.05, 0.1) is 17.1 Å². The normalized spacial score (nSPS) is 18.7. The summed E-state index contributed by atoms with van der Waals surface area (Å²) < 4.78 is 23.7. The molecule has 1 unspecified atom stereocenters. The molecule has 1 aliphatic heterocycles. The molecule has 1 aromatic heterocycles. The molecule has 148 valence electrons. The highest BCUT2D eigenvalue weighted by atomic mass is 32.2. The van der Waals surface area contributed by atoms with Gasteiger partial charge >= 0.3 is 0 Å². The van der Waals surface area contributed by atoms with E-state index in [1.807, 2.05) is 0 Å². The van der Waals surface area contributed by atoms with E-state index in [1.165, 1.54) is 41.6 Å². The predicted octanol–water partition coefficient (Wildman–Crippen LogP) is 0.750. The molecule has 1 aliphatic rings. The highest BCUT2D eigenvalue weighted by Gasteiger charge is 2.50. The highest BCUT2D eigenvalue weighted by molar-refractivity contribution is 7.89. The van der Waals surface area contributed by atoms with Gasteiger partial charge in [-0.2, -0.15) is 4.73 Å². The first kappa shape index (κ1) is 19.1. The molecule has 1 amide bonds. The Hall–Kier alpha value is -3.27. The van der Waals surface area contributed by atoms with Crippen molar-refractivity contribution in [3.63, 3.8) is 0 Å². The van der Waals surface area contributed by atoms with Crippen LogP contribution in [0.3, 0.4) is 0 Å². The summed E-state index contributed by atoms with van der Waals surface area (Å²) in [6.07, 6.45) is 2.67. The largest absolute Gasteiger partial charge is 0.619 e. The number of amides is 1. The fourth-order valence-electron chi connectivity index (χ4n) is 3.49. The molecule has 0 saturated heterocycles. The smallest absolute Gasteiger partial charge is 0.268 e. The van der Waals surface area contributed by atoms with Crippen LogP contribution in [0, 0.1) is 5.21 Å². The molecule has 29 heavy (non-hydrogen) atoms. The number of nitrogens with zero attached hydrogens (tertiary/aromatic N) is 2. The van der Waals surface area contributed by atoms with Crippen LogP contribution in [0.5, 0.6) is 0 Å². The molecule has 9 heteroatoms. The van der Waals surface area contributed by atoms with Crippen LogP contribution in [0.4, 0.5) is 5.69 Å². The van der Waals surface area contributed by atoms with E-state index in [1.54, 1.807) is 36.4 Å². The van der Waals surface area contributed by atoms with Crippen molar-refractivity contribution in [2.24, 2.45) is 5.14 Å². The number of hydrogen-bond donors (Lipinski definition) is 2. The lowest BCUT2D eigenvalue weighted by Crippen LogP contribution is -2.41. The van der Waals surface area contributed by atoms with E-state index in [9.17, 15) is 23.5 Å². The van der Waals surface area contributed by atoms with Gasteiger partial charge in [-0.1, -0.05) is 30.3 Å². The summed E-state index contributed by atoms with van der Waals surface area (Å²) >= 11 is 0. The number of anilines is 1. The average molecular weight is 411 g/mol. The standard InChI is InChI=1S/C20H17N3O5S/c21-29(27,28)16-7-5-15(6-8-16)20(25)17-3-1-2-4-18(17)23(19(20)24)13-14-9-11-22(26)12-10-14/h1-12,25H,13H2,(H2,21,27,28). The zero-order chi connectivity index (χ0) is 20.8. The van der Waals surface area contributed by atoms with Gasteiger partial charge in [-0.05, 0) is 29.3 Å². The van der Waals surface area contributed by atoms with Crippen molar-refractivity contribution in [2.75, 3.05) is 4.90 Å². The van der Waals surface area contributed by atoms with Gasteiger partial charge < -0.3 is 15.2 Å². The minimum Gasteiger partial charge on any atom is -0.619 e. The van der Waals surface area contributed by atoms with Crippen molar-refractivity contribution < 1.29 is 23.0 Å². The number of primary sulfonamides is 1. The van der Waals surface area contributed by atoms with Crippen LogP contribution in [-0.2, 0) is 27.0 Å². The topological polar surface area (TPSA) is 128 Å². The first-order chi connectivity index (χ1) is 13.7. The summed E-state index contributed by atoms with van der Waals surface area (Å²) in [6, 6.07) is 15.3. The van der Waals surface area contributed by atoms with Crippen molar-refractivity contribution in [3.05, 3.63) is 95.0 Å². The quantitative estimate of drug-likeness (QED) is 0.484. The molecule has 8 nitrogen and oxygen atoms in total. The fourth-order valence-corrected chi connectivity index (χ4v) is 4.00. The van der Waals surface area contributed by atoms with Gasteiger partial charge in [0.15, 0.2) is 18.0 Å². The molecule has 0 spiro atoms. The van der Waals surface area contributed by atoms with E-state index >= 15 is 0 Å². The van der Waals surface area contributed by atoms with Crippen molar-refractivity contribution >= 4 is 21.6 Å². The first-order valence-corrected chi connectivity index (χ1v) is 10.2. The second-order valence-electron chi connectivity index (χ2n) is 6.75. The van der Waals surface area contributed by atoms with E-state index in [0.29, 0.717) is 21.5 Å². The third-order valence-corrected chi connectivity index (χ3v) is 5.88. The first-order valence-electron chi connectivity index (χ1n) is 8.66. The number of rotatable bonds is 4. The number of hydrogen-bond acceptors (Lipinski definition) is 5. The molecule has 3 N–H and O–H groups in total. The molecule has 0 aliphatic carbocycles. The Labute approximate surface area is 167 Å². The second-order valence-corrected chi connectivity index (χ2v) is 8.32. The van der Waals surface area contributed by atoms with Crippen LogP contribution in [0.15, 0.2) is 78.0 Å². The molecule has 0 fully saturated rings. The molecule has 0 saturated carbocycles. The van der Waals surface area contributed by atoms with E-state index in [2.05, 4.69) is 0 Å². The molecular formula is C20H17N3O5S. The fraction of sp³-hybridized carbons (Fsp3) is 0.100. The lowest BCUT2D eigenvalue weighted by Gasteiger charge is -2.24. The van der Waals surface area contributed by atoms with Crippen LogP contribution in [-0.4, -0.2) is 19.4 Å². The van der Waals surface area contributed by atoms with Crippen molar-refractivity contribution in [2.45, 2.75) is 17.0 Å². The highest BCUT2D eigenvalue weighted by Crippen LogP contribution is 2.45. The van der Waals surface area contributed by atoms with Crippen molar-refractivity contribution in [3.8, 4) is 0 Å². The van der Waals surface area contributed by atoms with Crippen LogP contribution < -0.4 is 14.8 Å². The van der Waals surface area contributed by atoms with Crippen LogP contribution in [0.25, 0.3) is 0 Å². The van der Waals surface area contributed by atoms with Gasteiger partial charge in [0, 0.05) is 17.7 Å². The van der Waals surface area contributed by atoms with E-state index in [4.69, 9.17) is 5.14 Å². The van der Waals surface area contributed by atoms with Gasteiger partial charge in [0.1, 0.15) is 0 Å². The Kier molecular flexibility index (Phi) is 4.38. The summed E-state index contributed by atoms with van der Waals surface area (Å²) in [5, 5.41) is 27.8. The third kappa shape index (κ3) is 3.15. The number of nitrogens with two attached hydrogens (primary N) is 1. The molecule has 0 bridgehead atoms. The summed E-state index contributed by atoms with van der Waals surface area (Å²) in [5.41, 5.74) is -0.0947. The maximum absolute atomic E-state index is 13.3. The monoisotopic (exact) mass is 411 g/mol. The Morgan fingerprint density at radius 1 is 1.03 bits per heavy atom. The molecule has 0 radical (unpaired) electrons. The Morgan fingerprint density at radius 2 is 1.66 bits per heavy atom. The summed E-state index contributed by atoms with van der Waals surface area (Å²) in [4.78, 5) is 14.6. The van der Waals surface area contributed by atoms with E-state index in [0.717, 1.165) is 0 Å². The van der Waals surface area contributed by atoms with Crippen LogP contribution in [0.1, 0.15) is 16.7 Å². The third-order valence-electron chi connectivity index (χ3n) is 4.95. The molecular weight excluding hydrogens is 394 g/mol. The van der Waals surface area contributed by atoms with Gasteiger partial charge in [0.2, 0.25) is 10.0 Å². The molecule has 3 aromatic rings. The number of sulfonamides is 1. The van der Waals surface area contributed by atoms with E-state index in [-0.39, 0.29) is 17.0 Å². The summed E-state index contributed by atoms with van der Waals surface area (Å²) in [7, 11) is -3.90. The lowest BCUT2D eigenvalue weighted by atomic mass is 9.87. The van der Waals surface area contributed by atoms with Crippen LogP contribution >= 0.6 is 0 Å². The SMILES string of the molecule is NS(=O)(=O)c1ccc(C2(O)C(=O)N(Cc3cc[n+]([O-])cc3)c3ccccc32)cc1. The van der Waals surface area contributed by atoms with Crippen LogP contribution in [0.2, 0.25) is 0 Å². The number of carbonyl (C=O) groups is 1. The number of pyridine rings is 1. The number of para-hydroxylation sites is 1. The zero-order valence-corrected chi connectivity index (χ0v) is 15.9. The molecule has 4 rings (SSSR count). The zero-order valence-electron chi connectivity index (χ0n) is 15.1. The van der Waals surface area contributed by atoms with Crippen molar-refractivity contribution in [1.29, 1.82) is 0 Å². The van der Waals surface area contributed by atoms with Gasteiger partial charge in [-0.3, -0.25) is 4.79 Å². The maximum Gasteiger partial charge on any atom is 0.268 e. The molecule has 2 heterocycles. The second kappa shape index (κ2) is 6.66. The van der Waals surface area contributed by atoms with Gasteiger partial charge in [0.25, 0.3) is 5.91 Å². The maximum atomic E-state index is 13.3. The number of carbonyl (C=O) groups excluding carboxylic acids is 1. The number of benzene rings is 2. The van der Waals surface area contributed by atoms with Gasteiger partial charge in [-0.15, -0.1) is 0 Å². The Bertz CT molecular complexity index is 1190. The number of fused-ring (bicyclic) bond motifs is 1. The minimum atomic E-state index is -3.90. The Morgan fingerprint density at radius 3 is 2.28 bits per heavy atom. The molecule has 2 aromatic carbocycles. The Balaban J connectivity index is 1.78. The lowest BCUT2D eigenvalue weighted by molar-refractivity contribution is -0.605. The predicted molar refractivity (Wildman–Crippen MR) is 104 cm³/mol. The van der Waals surface area contributed by atoms with Gasteiger partial charge in [-0.25, -0.2) is 13.6 Å². The average Bonchev–Trinajstić information content (AvgIpc) is 2.92. The number of aliphatic hydroxyl groups is 1.